The molecule has 3 aromatic rings. The fraction of sp³-hybridized carbons (Fsp3) is 0.419. The zero-order chi connectivity index (χ0) is 31.3. The van der Waals surface area contributed by atoms with Crippen LogP contribution in [0.2, 0.25) is 5.15 Å². The molecule has 0 spiro atoms. The first kappa shape index (κ1) is 31.9. The summed E-state index contributed by atoms with van der Waals surface area (Å²) < 4.78 is 44.6. The van der Waals surface area contributed by atoms with Gasteiger partial charge in [-0.3, -0.25) is 9.59 Å². The van der Waals surface area contributed by atoms with Crippen molar-refractivity contribution in [3.8, 4) is 0 Å². The summed E-state index contributed by atoms with van der Waals surface area (Å²) in [6, 6.07) is 14.5. The predicted octanol–water partition coefficient (Wildman–Crippen LogP) is 6.18. The molecule has 234 valence electrons. The number of rotatable bonds is 8. The topological polar surface area (TPSA) is 78.9 Å². The minimum absolute atomic E-state index is 0.0533. The molecule has 0 aliphatic carbocycles. The molecule has 2 saturated heterocycles. The number of esters is 1. The summed E-state index contributed by atoms with van der Waals surface area (Å²) in [4.78, 5) is 39.8. The maximum Gasteiger partial charge on any atom is 0.416 e. The van der Waals surface area contributed by atoms with E-state index in [0.29, 0.717) is 91.8 Å². The third-order valence-electron chi connectivity index (χ3n) is 7.77. The molecule has 1 amide bonds. The van der Waals surface area contributed by atoms with E-state index in [4.69, 9.17) is 16.3 Å². The standard InChI is InChI=1S/C31H33ClF3N5O3S/c1-2-43-29(42)23-10-12-40(13-11-23)28(41)22-8-6-21(7-9-22)20-44-30-36-26(32)19-27(37-30)39-16-14-38(15-17-39)25-5-3-4-24(18-25)31(33,34)35/h3-9,18-19,23H,2,10-17,20H2,1H3. The molecule has 2 aliphatic heterocycles. The number of hydrogen-bond acceptors (Lipinski definition) is 8. The van der Waals surface area contributed by atoms with Crippen LogP contribution in [-0.4, -0.2) is 72.6 Å². The van der Waals surface area contributed by atoms with Gasteiger partial charge < -0.3 is 19.4 Å². The molecule has 0 atom stereocenters. The van der Waals surface area contributed by atoms with Crippen molar-refractivity contribution in [1.82, 2.24) is 14.9 Å². The summed E-state index contributed by atoms with van der Waals surface area (Å²) in [5.41, 5.74) is 1.48. The first-order valence-corrected chi connectivity index (χ1v) is 15.9. The number of likely N-dealkylation sites (tertiary alicyclic amines) is 1. The van der Waals surface area contributed by atoms with Crippen LogP contribution in [0.4, 0.5) is 24.7 Å². The number of ether oxygens (including phenoxy) is 1. The number of aromatic nitrogens is 2. The molecule has 0 saturated carbocycles. The summed E-state index contributed by atoms with van der Waals surface area (Å²) in [6.45, 7) is 5.42. The summed E-state index contributed by atoms with van der Waals surface area (Å²) in [5, 5.41) is 0.822. The van der Waals surface area contributed by atoms with Crippen LogP contribution in [0.5, 0.6) is 0 Å². The van der Waals surface area contributed by atoms with Crippen LogP contribution in [0.3, 0.4) is 0 Å². The Kier molecular flexibility index (Phi) is 10.2. The van der Waals surface area contributed by atoms with Crippen molar-refractivity contribution in [2.24, 2.45) is 5.92 Å². The smallest absolute Gasteiger partial charge is 0.416 e. The SMILES string of the molecule is CCOC(=O)C1CCN(C(=O)c2ccc(CSc3nc(Cl)cc(N4CCN(c5cccc(C(F)(F)F)c5)CC4)n3)cc2)CC1. The number of carbonyl (C=O) groups excluding carboxylic acids is 2. The first-order chi connectivity index (χ1) is 21.1. The number of piperazine rings is 1. The Hall–Kier alpha value is -3.51. The Morgan fingerprint density at radius 2 is 1.64 bits per heavy atom. The van der Waals surface area contributed by atoms with E-state index in [2.05, 4.69) is 14.9 Å². The van der Waals surface area contributed by atoms with Crippen molar-refractivity contribution in [2.45, 2.75) is 36.9 Å². The maximum atomic E-state index is 13.2. The fourth-order valence-electron chi connectivity index (χ4n) is 5.34. The zero-order valence-corrected chi connectivity index (χ0v) is 25.8. The molecule has 3 heterocycles. The van der Waals surface area contributed by atoms with Gasteiger partial charge in [0.15, 0.2) is 5.16 Å². The van der Waals surface area contributed by atoms with Gasteiger partial charge in [0, 0.05) is 62.3 Å². The monoisotopic (exact) mass is 647 g/mol. The molecule has 2 aromatic carbocycles. The van der Waals surface area contributed by atoms with Gasteiger partial charge >= 0.3 is 12.1 Å². The van der Waals surface area contributed by atoms with Crippen molar-refractivity contribution in [3.05, 3.63) is 76.4 Å². The van der Waals surface area contributed by atoms with Gasteiger partial charge in [0.1, 0.15) is 11.0 Å². The molecule has 2 aliphatic rings. The Morgan fingerprint density at radius 3 is 2.30 bits per heavy atom. The third-order valence-corrected chi connectivity index (χ3v) is 8.89. The van der Waals surface area contributed by atoms with Crippen molar-refractivity contribution >= 4 is 46.7 Å². The molecule has 2 fully saturated rings. The lowest BCUT2D eigenvalue weighted by Crippen LogP contribution is -2.47. The number of anilines is 2. The predicted molar refractivity (Wildman–Crippen MR) is 164 cm³/mol. The van der Waals surface area contributed by atoms with Crippen molar-refractivity contribution in [2.75, 3.05) is 55.7 Å². The second kappa shape index (κ2) is 14.1. The van der Waals surface area contributed by atoms with Crippen molar-refractivity contribution < 1.29 is 27.5 Å². The minimum atomic E-state index is -4.38. The van der Waals surface area contributed by atoms with Gasteiger partial charge in [-0.05, 0) is 55.7 Å². The molecule has 13 heteroatoms. The van der Waals surface area contributed by atoms with Crippen LogP contribution in [0.15, 0.2) is 59.8 Å². The lowest BCUT2D eigenvalue weighted by Gasteiger charge is -2.37. The Bertz CT molecular complexity index is 1460. The number of benzene rings is 2. The Labute approximate surface area is 263 Å². The van der Waals surface area contributed by atoms with E-state index in [-0.39, 0.29) is 17.8 Å². The lowest BCUT2D eigenvalue weighted by molar-refractivity contribution is -0.149. The van der Waals surface area contributed by atoms with Crippen LogP contribution in [-0.2, 0) is 21.5 Å². The summed E-state index contributed by atoms with van der Waals surface area (Å²) in [6.07, 6.45) is -3.17. The van der Waals surface area contributed by atoms with Gasteiger partial charge in [0.2, 0.25) is 0 Å². The largest absolute Gasteiger partial charge is 0.466 e. The number of piperidine rings is 1. The number of alkyl halides is 3. The van der Waals surface area contributed by atoms with Gasteiger partial charge in [-0.2, -0.15) is 13.2 Å². The molecule has 44 heavy (non-hydrogen) atoms. The lowest BCUT2D eigenvalue weighted by atomic mass is 9.96. The number of thioether (sulfide) groups is 1. The van der Waals surface area contributed by atoms with Crippen LogP contribution in [0.1, 0.15) is 41.3 Å². The molecule has 0 N–H and O–H groups in total. The van der Waals surface area contributed by atoms with E-state index in [1.807, 2.05) is 29.2 Å². The van der Waals surface area contributed by atoms with Gasteiger partial charge in [0.25, 0.3) is 5.91 Å². The molecular formula is C31H33ClF3N5O3S. The average molecular weight is 648 g/mol. The highest BCUT2D eigenvalue weighted by Gasteiger charge is 2.31. The van der Waals surface area contributed by atoms with Gasteiger partial charge in [-0.25, -0.2) is 9.97 Å². The van der Waals surface area contributed by atoms with Crippen LogP contribution in [0, 0.1) is 5.92 Å². The van der Waals surface area contributed by atoms with Gasteiger partial charge in [-0.15, -0.1) is 0 Å². The first-order valence-electron chi connectivity index (χ1n) is 14.5. The molecule has 5 rings (SSSR count). The van der Waals surface area contributed by atoms with Crippen LogP contribution < -0.4 is 9.80 Å². The van der Waals surface area contributed by atoms with Gasteiger partial charge in [0.05, 0.1) is 18.1 Å². The van der Waals surface area contributed by atoms with Gasteiger partial charge in [-0.1, -0.05) is 41.6 Å². The van der Waals surface area contributed by atoms with Crippen LogP contribution >= 0.6 is 23.4 Å². The zero-order valence-electron chi connectivity index (χ0n) is 24.2. The minimum Gasteiger partial charge on any atom is -0.466 e. The summed E-state index contributed by atoms with van der Waals surface area (Å²) in [7, 11) is 0. The highest BCUT2D eigenvalue weighted by atomic mass is 35.5. The summed E-state index contributed by atoms with van der Waals surface area (Å²) in [5.74, 6) is 0.851. The second-order valence-corrected chi connectivity index (χ2v) is 12.0. The van der Waals surface area contributed by atoms with E-state index >= 15 is 0 Å². The number of nitrogens with zero attached hydrogens (tertiary/aromatic N) is 5. The number of hydrogen-bond donors (Lipinski definition) is 0. The summed E-state index contributed by atoms with van der Waals surface area (Å²) >= 11 is 7.76. The normalized spacial score (nSPS) is 16.2. The fourth-order valence-corrected chi connectivity index (χ4v) is 6.37. The molecule has 0 unspecified atom stereocenters. The highest BCUT2D eigenvalue weighted by molar-refractivity contribution is 7.98. The molecule has 8 nitrogen and oxygen atoms in total. The van der Waals surface area contributed by atoms with E-state index in [1.165, 1.54) is 23.9 Å². The molecule has 1 aromatic heterocycles. The molecule has 0 bridgehead atoms. The van der Waals surface area contributed by atoms with Crippen molar-refractivity contribution in [1.29, 1.82) is 0 Å². The van der Waals surface area contributed by atoms with E-state index in [1.54, 1.807) is 24.0 Å². The Balaban J connectivity index is 1.13. The number of carbonyl (C=O) groups is 2. The van der Waals surface area contributed by atoms with E-state index < -0.39 is 11.7 Å². The quantitative estimate of drug-likeness (QED) is 0.124. The highest BCUT2D eigenvalue weighted by Crippen LogP contribution is 2.32. The maximum absolute atomic E-state index is 13.2. The Morgan fingerprint density at radius 1 is 0.955 bits per heavy atom. The number of halogens is 4. The number of amides is 1. The molecule has 0 radical (unpaired) electrons. The van der Waals surface area contributed by atoms with Crippen LogP contribution in [0.25, 0.3) is 0 Å². The van der Waals surface area contributed by atoms with E-state index in [9.17, 15) is 22.8 Å². The van der Waals surface area contributed by atoms with Crippen molar-refractivity contribution in [3.63, 3.8) is 0 Å². The third kappa shape index (κ3) is 7.95. The molecular weight excluding hydrogens is 615 g/mol. The average Bonchev–Trinajstić information content (AvgIpc) is 3.03. The second-order valence-electron chi connectivity index (χ2n) is 10.7. The van der Waals surface area contributed by atoms with E-state index in [0.717, 1.165) is 11.6 Å².